The number of hydrogen-bond donors (Lipinski definition) is 1. The molecule has 0 fully saturated rings. The van der Waals surface area contributed by atoms with E-state index < -0.39 is 26.5 Å². The smallest absolute Gasteiger partial charge is 0.462 e. The van der Waals surface area contributed by atoms with E-state index in [-0.39, 0.29) is 32.0 Å². The summed E-state index contributed by atoms with van der Waals surface area (Å²) in [5.41, 5.74) is 0. The Bertz CT molecular complexity index is 1710. The van der Waals surface area contributed by atoms with E-state index >= 15 is 0 Å². The zero-order valence-electron chi connectivity index (χ0n) is 58.7. The first kappa shape index (κ1) is 85.5. The normalized spacial score (nSPS) is 13.5. The average molecular weight is 1260 g/mol. The molecule has 0 amide bonds. The van der Waals surface area contributed by atoms with Crippen LogP contribution in [0, 0.1) is 0 Å². The highest BCUT2D eigenvalue weighted by atomic mass is 31.2. The Hall–Kier alpha value is -2.55. The molecule has 88 heavy (non-hydrogen) atoms. The molecule has 9 nitrogen and oxygen atoms in total. The molecule has 2 unspecified atom stereocenters. The molecule has 0 rings (SSSR count). The maximum Gasteiger partial charge on any atom is 0.472 e. The lowest BCUT2D eigenvalue weighted by atomic mass is 10.0. The third-order valence-electron chi connectivity index (χ3n) is 16.8. The zero-order chi connectivity index (χ0) is 64.1. The molecule has 10 heteroatoms. The number of phosphoric ester groups is 1. The van der Waals surface area contributed by atoms with Crippen molar-refractivity contribution in [1.82, 2.24) is 0 Å². The van der Waals surface area contributed by atoms with Gasteiger partial charge in [0.05, 0.1) is 27.7 Å². The number of phosphoric acid groups is 1. The number of likely N-dealkylation sites (N-methyl/N-ethyl adjacent to an activating group) is 1. The summed E-state index contributed by atoms with van der Waals surface area (Å²) < 4.78 is 34.7. The Kier molecular flexibility index (Phi) is 66.8. The fourth-order valence-corrected chi connectivity index (χ4v) is 11.8. The molecule has 0 aromatic carbocycles. The maximum absolute atomic E-state index is 12.9. The van der Waals surface area contributed by atoms with E-state index in [9.17, 15) is 19.0 Å². The predicted molar refractivity (Wildman–Crippen MR) is 381 cm³/mol. The van der Waals surface area contributed by atoms with Crippen LogP contribution in [-0.4, -0.2) is 74.9 Å². The summed E-state index contributed by atoms with van der Waals surface area (Å²) in [5, 5.41) is 0. The fourth-order valence-electron chi connectivity index (χ4n) is 11.0. The van der Waals surface area contributed by atoms with Gasteiger partial charge in [0.1, 0.15) is 19.8 Å². The van der Waals surface area contributed by atoms with Gasteiger partial charge in [0, 0.05) is 12.8 Å². The van der Waals surface area contributed by atoms with Crippen LogP contribution in [0.1, 0.15) is 361 Å². The SMILES string of the molecule is CC/C=C\C/C=C\C/C=C\C/C=C\C/C=C\C/C=C\CCCCCCCCC(=O)OC(COC(=O)CCCCCCCCCCCCCCCCCCCCCCCCCCCCCCCCCCCCCCCCC)COP(=O)(O)OCC[N+](C)(C)C. The lowest BCUT2D eigenvalue weighted by molar-refractivity contribution is -0.870. The van der Waals surface area contributed by atoms with Crippen LogP contribution in [0.15, 0.2) is 72.9 Å². The molecule has 0 spiro atoms. The highest BCUT2D eigenvalue weighted by Crippen LogP contribution is 2.43. The summed E-state index contributed by atoms with van der Waals surface area (Å²) in [6.07, 6.45) is 93.3. The number of rotatable bonds is 70. The van der Waals surface area contributed by atoms with Gasteiger partial charge in [0.15, 0.2) is 6.10 Å². The first-order valence-electron chi connectivity index (χ1n) is 37.7. The Morgan fingerprint density at radius 1 is 0.364 bits per heavy atom. The van der Waals surface area contributed by atoms with Gasteiger partial charge in [-0.2, -0.15) is 0 Å². The Morgan fingerprint density at radius 2 is 0.648 bits per heavy atom. The lowest BCUT2D eigenvalue weighted by Crippen LogP contribution is -2.37. The molecule has 2 atom stereocenters. The monoisotopic (exact) mass is 1260 g/mol. The Balaban J connectivity index is 3.94. The molecular formula is C78H145NO8P+. The quantitative estimate of drug-likeness (QED) is 0.0211. The number of quaternary nitrogens is 1. The predicted octanol–water partition coefficient (Wildman–Crippen LogP) is 24.7. The number of nitrogens with zero attached hydrogens (tertiary/aromatic N) is 1. The van der Waals surface area contributed by atoms with Crippen LogP contribution in [0.2, 0.25) is 0 Å². The van der Waals surface area contributed by atoms with E-state index in [2.05, 4.69) is 86.8 Å². The minimum absolute atomic E-state index is 0.0268. The molecule has 0 aliphatic rings. The van der Waals surface area contributed by atoms with Crippen LogP contribution in [0.3, 0.4) is 0 Å². The summed E-state index contributed by atoms with van der Waals surface area (Å²) in [7, 11) is 1.47. The topological polar surface area (TPSA) is 108 Å². The summed E-state index contributed by atoms with van der Waals surface area (Å²) >= 11 is 0. The average Bonchev–Trinajstić information content (AvgIpc) is 3.57. The van der Waals surface area contributed by atoms with E-state index in [1.54, 1.807) is 0 Å². The number of carbonyl (C=O) groups is 2. The summed E-state index contributed by atoms with van der Waals surface area (Å²) in [5.74, 6) is -0.803. The minimum Gasteiger partial charge on any atom is -0.462 e. The molecule has 0 saturated carbocycles. The largest absolute Gasteiger partial charge is 0.472 e. The van der Waals surface area contributed by atoms with Gasteiger partial charge in [0.2, 0.25) is 0 Å². The Labute approximate surface area is 546 Å². The van der Waals surface area contributed by atoms with Crippen molar-refractivity contribution in [2.75, 3.05) is 47.5 Å². The molecule has 0 bridgehead atoms. The van der Waals surface area contributed by atoms with Gasteiger partial charge < -0.3 is 18.9 Å². The highest BCUT2D eigenvalue weighted by molar-refractivity contribution is 7.47. The first-order chi connectivity index (χ1) is 43.0. The van der Waals surface area contributed by atoms with Gasteiger partial charge in [-0.1, -0.05) is 356 Å². The van der Waals surface area contributed by atoms with Crippen LogP contribution in [0.25, 0.3) is 0 Å². The van der Waals surface area contributed by atoms with Gasteiger partial charge >= 0.3 is 19.8 Å². The Morgan fingerprint density at radius 3 is 0.966 bits per heavy atom. The van der Waals surface area contributed by atoms with E-state index in [0.717, 1.165) is 96.3 Å². The van der Waals surface area contributed by atoms with Crippen molar-refractivity contribution in [1.29, 1.82) is 0 Å². The van der Waals surface area contributed by atoms with E-state index in [1.807, 2.05) is 21.1 Å². The maximum atomic E-state index is 12.9. The molecule has 0 radical (unpaired) electrons. The molecule has 0 saturated heterocycles. The second kappa shape index (κ2) is 68.8. The number of allylic oxidation sites excluding steroid dienone is 12. The van der Waals surface area contributed by atoms with Crippen molar-refractivity contribution < 1.29 is 42.1 Å². The number of unbranched alkanes of at least 4 members (excludes halogenated alkanes) is 44. The number of carbonyl (C=O) groups excluding carboxylic acids is 2. The van der Waals surface area contributed by atoms with Crippen molar-refractivity contribution in [2.24, 2.45) is 0 Å². The van der Waals surface area contributed by atoms with E-state index in [4.69, 9.17) is 18.5 Å². The lowest BCUT2D eigenvalue weighted by Gasteiger charge is -2.24. The minimum atomic E-state index is -4.40. The second-order valence-corrected chi connectivity index (χ2v) is 28.1. The van der Waals surface area contributed by atoms with Gasteiger partial charge in [0.25, 0.3) is 0 Å². The van der Waals surface area contributed by atoms with Gasteiger partial charge in [-0.15, -0.1) is 0 Å². The van der Waals surface area contributed by atoms with Crippen LogP contribution in [0.4, 0.5) is 0 Å². The van der Waals surface area contributed by atoms with Gasteiger partial charge in [-0.3, -0.25) is 18.6 Å². The fraction of sp³-hybridized carbons (Fsp3) is 0.821. The number of esters is 2. The number of hydrogen-bond acceptors (Lipinski definition) is 7. The van der Waals surface area contributed by atoms with Crippen LogP contribution in [-0.2, 0) is 32.7 Å². The highest BCUT2D eigenvalue weighted by Gasteiger charge is 2.27. The van der Waals surface area contributed by atoms with Crippen LogP contribution < -0.4 is 0 Å². The summed E-state index contributed by atoms with van der Waals surface area (Å²) in [6, 6.07) is 0. The van der Waals surface area contributed by atoms with Crippen molar-refractivity contribution in [3.63, 3.8) is 0 Å². The standard InChI is InChI=1S/C78H144NO8P/c1-6-8-10-12-14-16-18-20-22-24-26-28-30-32-33-34-35-36-37-38-39-40-41-42-43-44-45-47-48-50-52-54-56-58-60-62-64-66-68-70-77(80)84-74-76(75-86-88(82,83)85-73-72-79(3,4)5)87-78(81)71-69-67-65-63-61-59-57-55-53-51-49-46-31-29-27-25-23-21-19-17-15-13-11-9-7-2/h9,11,15,17,21,23,27,29,46,49,53,55,76H,6-8,10,12-14,16,18-20,22,24-26,28,30-45,47-48,50-52,54,56-75H2,1-5H3/p+1/b11-9-,17-15-,23-21-,29-27-,49-46-,55-53-. The third-order valence-corrected chi connectivity index (χ3v) is 17.7. The van der Waals surface area contributed by atoms with Crippen molar-refractivity contribution in [2.45, 2.75) is 367 Å². The second-order valence-electron chi connectivity index (χ2n) is 26.7. The molecule has 0 aliphatic carbocycles. The van der Waals surface area contributed by atoms with Gasteiger partial charge in [-0.25, -0.2) is 4.57 Å². The first-order valence-corrected chi connectivity index (χ1v) is 39.2. The van der Waals surface area contributed by atoms with Crippen LogP contribution in [0.5, 0.6) is 0 Å². The molecule has 0 heterocycles. The van der Waals surface area contributed by atoms with E-state index in [0.29, 0.717) is 17.4 Å². The van der Waals surface area contributed by atoms with Crippen molar-refractivity contribution in [3.8, 4) is 0 Å². The van der Waals surface area contributed by atoms with Crippen molar-refractivity contribution in [3.05, 3.63) is 72.9 Å². The van der Waals surface area contributed by atoms with Crippen LogP contribution >= 0.6 is 7.82 Å². The summed E-state index contributed by atoms with van der Waals surface area (Å²) in [6.45, 7) is 4.35. The zero-order valence-corrected chi connectivity index (χ0v) is 59.6. The molecule has 0 aliphatic heterocycles. The molecule has 1 N–H and O–H groups in total. The van der Waals surface area contributed by atoms with E-state index in [1.165, 1.54) is 231 Å². The third kappa shape index (κ3) is 72.5. The summed E-state index contributed by atoms with van der Waals surface area (Å²) in [4.78, 5) is 35.9. The van der Waals surface area contributed by atoms with Gasteiger partial charge in [-0.05, 0) is 64.2 Å². The molecule has 514 valence electrons. The molecule has 0 aromatic heterocycles. The van der Waals surface area contributed by atoms with Crippen molar-refractivity contribution >= 4 is 19.8 Å². The number of ether oxygens (including phenoxy) is 2. The molecule has 0 aromatic rings. The molecular weight excluding hydrogens is 1110 g/mol.